The summed E-state index contributed by atoms with van der Waals surface area (Å²) < 4.78 is 58.6. The molecule has 76 heavy (non-hydrogen) atoms. The van der Waals surface area contributed by atoms with Crippen molar-refractivity contribution in [1.82, 2.24) is 17.5 Å². The van der Waals surface area contributed by atoms with Gasteiger partial charge in [-0.05, 0) is 48.9 Å². The number of unbranched alkanes of at least 4 members (excludes halogenated alkanes) is 36. The highest BCUT2D eigenvalue weighted by Gasteiger charge is 2.54. The van der Waals surface area contributed by atoms with Crippen LogP contribution < -0.4 is 0 Å². The minimum Gasteiger partial charge on any atom is -0.206 e. The summed E-state index contributed by atoms with van der Waals surface area (Å²) in [5.74, 6) is -0.374. The molecule has 4 nitrogen and oxygen atoms in total. The molecule has 2 aliphatic carbocycles. The summed E-state index contributed by atoms with van der Waals surface area (Å²) in [5.41, 5.74) is 7.92. The number of hydrogen-bond acceptors (Lipinski definition) is 6. The largest absolute Gasteiger partial charge is 0.206 e. The van der Waals surface area contributed by atoms with Gasteiger partial charge < -0.3 is 0 Å². The Hall–Kier alpha value is -2.84. The molecule has 5 aromatic rings. The Morgan fingerprint density at radius 2 is 0.539 bits per heavy atom. The summed E-state index contributed by atoms with van der Waals surface area (Å²) in [6.07, 6.45) is 53.1. The van der Waals surface area contributed by atoms with Crippen molar-refractivity contribution in [2.24, 2.45) is 0 Å². The molecule has 0 spiro atoms. The first-order valence-electron chi connectivity index (χ1n) is 32.6. The van der Waals surface area contributed by atoms with Gasteiger partial charge in [0.1, 0.15) is 33.7 Å². The molecule has 8 heteroatoms. The molecule has 0 bridgehead atoms. The van der Waals surface area contributed by atoms with Crippen LogP contribution in [-0.2, 0) is 10.8 Å². The van der Waals surface area contributed by atoms with Gasteiger partial charge in [-0.1, -0.05) is 297 Å². The van der Waals surface area contributed by atoms with Gasteiger partial charge in [-0.2, -0.15) is 17.5 Å². The van der Waals surface area contributed by atoms with Gasteiger partial charge in [0, 0.05) is 44.2 Å². The smallest absolute Gasteiger partial charge is 0.136 e. The van der Waals surface area contributed by atoms with E-state index in [-0.39, 0.29) is 11.6 Å². The molecule has 0 fully saturated rings. The SMILES string of the molecule is CCCCCCCCCCCCC1(CCCCCCCCCCCC)c2ccc3nsnc3c2-c2c(F)c3c(c(F)c21)-c1c(ccc2nsnc12)C3(CCCCCCCCCCCC)CCCCCCCCCCCC. The highest BCUT2D eigenvalue weighted by Crippen LogP contribution is 2.65. The van der Waals surface area contributed by atoms with E-state index >= 15 is 8.78 Å². The van der Waals surface area contributed by atoms with Gasteiger partial charge in [-0.3, -0.25) is 0 Å². The third kappa shape index (κ3) is 15.3. The fourth-order valence-electron chi connectivity index (χ4n) is 14.3. The van der Waals surface area contributed by atoms with E-state index in [0.29, 0.717) is 22.3 Å². The fraction of sp³-hybridized carbons (Fsp3) is 0.735. The van der Waals surface area contributed by atoms with Crippen molar-refractivity contribution in [3.05, 3.63) is 58.2 Å². The predicted molar refractivity (Wildman–Crippen MR) is 327 cm³/mol. The third-order valence-corrected chi connectivity index (χ3v) is 19.6. The van der Waals surface area contributed by atoms with Crippen LogP contribution in [0, 0.1) is 11.6 Å². The van der Waals surface area contributed by atoms with Gasteiger partial charge in [0.15, 0.2) is 0 Å². The quantitative estimate of drug-likeness (QED) is 0.0365. The van der Waals surface area contributed by atoms with E-state index in [1.165, 1.54) is 229 Å². The Morgan fingerprint density at radius 3 is 0.789 bits per heavy atom. The van der Waals surface area contributed by atoms with Crippen LogP contribution in [0.25, 0.3) is 44.3 Å². The van der Waals surface area contributed by atoms with E-state index in [2.05, 4.69) is 52.0 Å². The normalized spacial score (nSPS) is 14.1. The molecule has 0 unspecified atom stereocenters. The number of hydrogen-bond donors (Lipinski definition) is 0. The Morgan fingerprint density at radius 1 is 0.303 bits per heavy atom. The zero-order chi connectivity index (χ0) is 53.3. The van der Waals surface area contributed by atoms with E-state index in [9.17, 15) is 0 Å². The van der Waals surface area contributed by atoms with Gasteiger partial charge in [0.05, 0.1) is 23.5 Å². The highest BCUT2D eigenvalue weighted by molar-refractivity contribution is 7.00. The first-order valence-corrected chi connectivity index (χ1v) is 34.0. The Balaban J connectivity index is 1.27. The monoisotopic (exact) mass is 1080 g/mol. The van der Waals surface area contributed by atoms with Crippen molar-refractivity contribution in [3.63, 3.8) is 0 Å². The number of halogens is 2. The van der Waals surface area contributed by atoms with Crippen LogP contribution in [0.15, 0.2) is 24.3 Å². The lowest BCUT2D eigenvalue weighted by Gasteiger charge is -2.35. The van der Waals surface area contributed by atoms with Crippen molar-refractivity contribution in [2.75, 3.05) is 0 Å². The molecule has 422 valence electrons. The number of rotatable bonds is 44. The van der Waals surface area contributed by atoms with Crippen LogP contribution >= 0.6 is 23.5 Å². The first-order chi connectivity index (χ1) is 37.5. The Bertz CT molecular complexity index is 2220. The molecule has 2 heterocycles. The van der Waals surface area contributed by atoms with Gasteiger partial charge in [0.2, 0.25) is 0 Å². The molecule has 7 rings (SSSR count). The summed E-state index contributed by atoms with van der Waals surface area (Å²) in [7, 11) is 0. The van der Waals surface area contributed by atoms with Gasteiger partial charge in [-0.25, -0.2) is 8.78 Å². The lowest BCUT2D eigenvalue weighted by Crippen LogP contribution is -2.29. The summed E-state index contributed by atoms with van der Waals surface area (Å²) in [4.78, 5) is 0. The average Bonchev–Trinajstić information content (AvgIpc) is 4.40. The Kier molecular flexibility index (Phi) is 26.4. The topological polar surface area (TPSA) is 51.6 Å². The summed E-state index contributed by atoms with van der Waals surface area (Å²) in [5, 5.41) is 0. The fourth-order valence-corrected chi connectivity index (χ4v) is 15.4. The van der Waals surface area contributed by atoms with Gasteiger partial charge in [0.25, 0.3) is 0 Å². The second kappa shape index (κ2) is 33.0. The maximum atomic E-state index is 19.5. The van der Waals surface area contributed by atoms with Crippen molar-refractivity contribution in [2.45, 2.75) is 321 Å². The van der Waals surface area contributed by atoms with Crippen LogP contribution in [0.4, 0.5) is 8.78 Å². The number of benzene rings is 3. The maximum Gasteiger partial charge on any atom is 0.136 e. The Labute approximate surface area is 470 Å². The van der Waals surface area contributed by atoms with E-state index in [0.717, 1.165) is 121 Å². The maximum absolute atomic E-state index is 19.5. The minimum absolute atomic E-state index is 0.187. The van der Waals surface area contributed by atoms with E-state index in [1.807, 2.05) is 0 Å². The number of fused-ring (bicyclic) bond motifs is 10. The molecule has 0 radical (unpaired) electrons. The lowest BCUT2D eigenvalue weighted by molar-refractivity contribution is 0.374. The van der Waals surface area contributed by atoms with Crippen LogP contribution in [0.5, 0.6) is 0 Å². The molecular weight excluding hydrogens is 975 g/mol. The van der Waals surface area contributed by atoms with Crippen molar-refractivity contribution >= 4 is 45.5 Å². The van der Waals surface area contributed by atoms with Crippen LogP contribution in [0.3, 0.4) is 0 Å². The number of aromatic nitrogens is 4. The molecule has 0 atom stereocenters. The van der Waals surface area contributed by atoms with E-state index in [1.54, 1.807) is 0 Å². The second-order valence-corrected chi connectivity index (χ2v) is 25.3. The molecule has 2 aromatic heterocycles. The third-order valence-electron chi connectivity index (χ3n) is 18.6. The molecule has 2 aliphatic rings. The molecule has 0 amide bonds. The molecule has 0 saturated heterocycles. The molecule has 3 aromatic carbocycles. The molecule has 0 saturated carbocycles. The van der Waals surface area contributed by atoms with Crippen molar-refractivity contribution < 1.29 is 8.78 Å². The van der Waals surface area contributed by atoms with Crippen LogP contribution in [0.2, 0.25) is 0 Å². The van der Waals surface area contributed by atoms with E-state index in [4.69, 9.17) is 17.5 Å². The second-order valence-electron chi connectivity index (χ2n) is 24.3. The zero-order valence-corrected chi connectivity index (χ0v) is 50.4. The molecule has 0 N–H and O–H groups in total. The highest BCUT2D eigenvalue weighted by atomic mass is 32.1. The van der Waals surface area contributed by atoms with Crippen LogP contribution in [0.1, 0.15) is 332 Å². The van der Waals surface area contributed by atoms with Gasteiger partial charge >= 0.3 is 0 Å². The summed E-state index contributed by atoms with van der Waals surface area (Å²) >= 11 is 2.42. The van der Waals surface area contributed by atoms with E-state index < -0.39 is 10.8 Å². The van der Waals surface area contributed by atoms with Crippen molar-refractivity contribution in [1.29, 1.82) is 0 Å². The first kappa shape index (κ1) is 60.8. The standard InChI is InChI=1S/C68H104F2N4S2/c1-5-9-13-17-21-25-29-33-37-41-49-67(50-42-38-34-30-26-22-18-14-10-6-2)53-45-47-55-65(73-75-71-55)57(53)59-61(67)63(69)60-58-54(46-48-56-66(58)74-76-72-56)68(62(60)64(59)70,51-43-39-35-31-27-23-19-15-11-7-3)52-44-40-36-32-28-24-20-16-12-8-4/h45-48H,5-44,49-52H2,1-4H3. The van der Waals surface area contributed by atoms with Crippen molar-refractivity contribution in [3.8, 4) is 22.3 Å². The average molecular weight is 1080 g/mol. The number of nitrogens with zero attached hydrogens (tertiary/aromatic N) is 4. The molecule has 0 aliphatic heterocycles. The summed E-state index contributed by atoms with van der Waals surface area (Å²) in [6, 6.07) is 8.68. The summed E-state index contributed by atoms with van der Waals surface area (Å²) in [6.45, 7) is 9.16. The predicted octanol–water partition coefficient (Wildman–Crippen LogP) is 23.8. The lowest BCUT2D eigenvalue weighted by atomic mass is 9.68. The minimum atomic E-state index is -0.657. The zero-order valence-electron chi connectivity index (χ0n) is 48.8. The van der Waals surface area contributed by atoms with Crippen LogP contribution in [-0.4, -0.2) is 17.5 Å². The van der Waals surface area contributed by atoms with Gasteiger partial charge in [-0.15, -0.1) is 0 Å². The molecular formula is C68H104F2N4S2.